The van der Waals surface area contributed by atoms with Gasteiger partial charge in [-0.1, -0.05) is 121 Å². The van der Waals surface area contributed by atoms with Crippen molar-refractivity contribution >= 4 is 53.3 Å². The van der Waals surface area contributed by atoms with Crippen molar-refractivity contribution in [3.8, 4) is 51.0 Å². The fourth-order valence-corrected chi connectivity index (χ4v) is 8.10. The molecular formula is C45H28N4S. The molecule has 4 nitrogen and oxygen atoms in total. The van der Waals surface area contributed by atoms with Gasteiger partial charge in [0, 0.05) is 53.3 Å². The van der Waals surface area contributed by atoms with E-state index in [-0.39, 0.29) is 0 Å². The van der Waals surface area contributed by atoms with E-state index < -0.39 is 0 Å². The highest BCUT2D eigenvalue weighted by atomic mass is 32.1. The molecule has 0 unspecified atom stereocenters. The van der Waals surface area contributed by atoms with Crippen LogP contribution in [0.5, 0.6) is 0 Å². The smallest absolute Gasteiger partial charge is 0.164 e. The number of nitrogens with zero attached hydrogens (tertiary/aromatic N) is 4. The number of aromatic nitrogens is 4. The summed E-state index contributed by atoms with van der Waals surface area (Å²) in [5.41, 5.74) is 8.75. The lowest BCUT2D eigenvalue weighted by Gasteiger charge is -2.10. The summed E-state index contributed by atoms with van der Waals surface area (Å²) in [6, 6.07) is 59.8. The summed E-state index contributed by atoms with van der Waals surface area (Å²) < 4.78 is 4.86. The zero-order valence-corrected chi connectivity index (χ0v) is 27.7. The van der Waals surface area contributed by atoms with E-state index in [9.17, 15) is 0 Å². The maximum Gasteiger partial charge on any atom is 0.164 e. The lowest BCUT2D eigenvalue weighted by molar-refractivity contribution is 1.07. The molecule has 5 heteroatoms. The Bertz CT molecular complexity index is 2800. The van der Waals surface area contributed by atoms with Gasteiger partial charge in [-0.05, 0) is 59.7 Å². The van der Waals surface area contributed by atoms with E-state index in [4.69, 9.17) is 15.0 Å². The van der Waals surface area contributed by atoms with Crippen LogP contribution in [0.15, 0.2) is 170 Å². The van der Waals surface area contributed by atoms with Crippen molar-refractivity contribution in [1.82, 2.24) is 19.5 Å². The highest BCUT2D eigenvalue weighted by Crippen LogP contribution is 2.39. The lowest BCUT2D eigenvalue weighted by atomic mass is 10.0. The standard InChI is InChI=1S/C45H28N4S/c1-3-11-29(12-4-1)30-19-21-32(22-20-30)44-46-43(31-13-5-2-6-14-31)47-45(48-44)33-23-25-41-37(27-33)38-28-34(24-26-42(38)50-41)49-39-17-9-7-15-35(39)36-16-8-10-18-40(36)49/h1-28H. The molecule has 0 amide bonds. The largest absolute Gasteiger partial charge is 0.309 e. The molecule has 0 fully saturated rings. The minimum atomic E-state index is 0.650. The molecule has 3 heterocycles. The number of thiophene rings is 1. The molecule has 3 aromatic heterocycles. The number of para-hydroxylation sites is 2. The Morgan fingerprint density at radius 3 is 1.42 bits per heavy atom. The fraction of sp³-hybridized carbons (Fsp3) is 0. The molecule has 10 rings (SSSR count). The molecule has 0 radical (unpaired) electrons. The average Bonchev–Trinajstić information content (AvgIpc) is 3.73. The highest BCUT2D eigenvalue weighted by Gasteiger charge is 2.16. The number of hydrogen-bond acceptors (Lipinski definition) is 4. The van der Waals surface area contributed by atoms with Crippen LogP contribution in [0, 0.1) is 0 Å². The fourth-order valence-electron chi connectivity index (χ4n) is 7.04. The van der Waals surface area contributed by atoms with Gasteiger partial charge in [0.15, 0.2) is 17.5 Å². The van der Waals surface area contributed by atoms with Gasteiger partial charge >= 0.3 is 0 Å². The summed E-state index contributed by atoms with van der Waals surface area (Å²) >= 11 is 1.82. The van der Waals surface area contributed by atoms with Crippen LogP contribution in [-0.2, 0) is 0 Å². The normalized spacial score (nSPS) is 11.6. The van der Waals surface area contributed by atoms with Crippen LogP contribution in [-0.4, -0.2) is 19.5 Å². The second kappa shape index (κ2) is 11.6. The molecule has 0 aliphatic carbocycles. The molecule has 0 N–H and O–H groups in total. The molecule has 0 aliphatic rings. The summed E-state index contributed by atoms with van der Waals surface area (Å²) in [5, 5.41) is 4.94. The van der Waals surface area contributed by atoms with Crippen LogP contribution in [0.4, 0.5) is 0 Å². The molecule has 234 valence electrons. The van der Waals surface area contributed by atoms with Gasteiger partial charge in [-0.2, -0.15) is 0 Å². The molecule has 0 aliphatic heterocycles. The van der Waals surface area contributed by atoms with Crippen LogP contribution in [0.25, 0.3) is 93.0 Å². The van der Waals surface area contributed by atoms with Gasteiger partial charge in [0.2, 0.25) is 0 Å². The van der Waals surface area contributed by atoms with Gasteiger partial charge in [0.05, 0.1) is 11.0 Å². The Balaban J connectivity index is 1.12. The Morgan fingerprint density at radius 1 is 0.340 bits per heavy atom. The third-order valence-electron chi connectivity index (χ3n) is 9.47. The van der Waals surface area contributed by atoms with Crippen LogP contribution >= 0.6 is 11.3 Å². The van der Waals surface area contributed by atoms with Gasteiger partial charge in [-0.15, -0.1) is 11.3 Å². The summed E-state index contributed by atoms with van der Waals surface area (Å²) in [4.78, 5) is 15.1. The predicted molar refractivity (Wildman–Crippen MR) is 209 cm³/mol. The summed E-state index contributed by atoms with van der Waals surface area (Å²) in [5.74, 6) is 1.96. The maximum absolute atomic E-state index is 5.08. The minimum Gasteiger partial charge on any atom is -0.309 e. The monoisotopic (exact) mass is 656 g/mol. The first kappa shape index (κ1) is 28.6. The lowest BCUT2D eigenvalue weighted by Crippen LogP contribution is -2.00. The van der Waals surface area contributed by atoms with E-state index in [2.05, 4.69) is 138 Å². The molecular weight excluding hydrogens is 629 g/mol. The van der Waals surface area contributed by atoms with E-state index in [0.29, 0.717) is 17.5 Å². The van der Waals surface area contributed by atoms with E-state index in [1.807, 2.05) is 47.7 Å². The molecule has 0 bridgehead atoms. The second-order valence-corrected chi connectivity index (χ2v) is 13.6. The molecule has 7 aromatic carbocycles. The third kappa shape index (κ3) is 4.79. The minimum absolute atomic E-state index is 0.650. The average molecular weight is 657 g/mol. The van der Waals surface area contributed by atoms with Crippen molar-refractivity contribution in [3.63, 3.8) is 0 Å². The zero-order chi connectivity index (χ0) is 33.0. The number of hydrogen-bond donors (Lipinski definition) is 0. The third-order valence-corrected chi connectivity index (χ3v) is 10.6. The first-order valence-electron chi connectivity index (χ1n) is 16.7. The number of benzene rings is 7. The second-order valence-electron chi connectivity index (χ2n) is 12.5. The van der Waals surface area contributed by atoms with E-state index in [0.717, 1.165) is 27.9 Å². The van der Waals surface area contributed by atoms with Crippen LogP contribution in [0.2, 0.25) is 0 Å². The molecule has 0 spiro atoms. The quantitative estimate of drug-likeness (QED) is 0.185. The van der Waals surface area contributed by atoms with Crippen LogP contribution in [0.1, 0.15) is 0 Å². The van der Waals surface area contributed by atoms with E-state index >= 15 is 0 Å². The van der Waals surface area contributed by atoms with Gasteiger partial charge in [-0.25, -0.2) is 15.0 Å². The summed E-state index contributed by atoms with van der Waals surface area (Å²) in [6.07, 6.45) is 0. The summed E-state index contributed by atoms with van der Waals surface area (Å²) in [7, 11) is 0. The molecule has 0 atom stereocenters. The molecule has 10 aromatic rings. The van der Waals surface area contributed by atoms with E-state index in [1.165, 1.54) is 47.5 Å². The Kier molecular flexibility index (Phi) is 6.64. The van der Waals surface area contributed by atoms with Crippen molar-refractivity contribution in [2.24, 2.45) is 0 Å². The first-order chi connectivity index (χ1) is 24.8. The van der Waals surface area contributed by atoms with Crippen molar-refractivity contribution in [1.29, 1.82) is 0 Å². The predicted octanol–water partition coefficient (Wildman–Crippen LogP) is 12.0. The first-order valence-corrected chi connectivity index (χ1v) is 17.5. The maximum atomic E-state index is 5.08. The Hall–Kier alpha value is -6.43. The molecule has 50 heavy (non-hydrogen) atoms. The SMILES string of the molecule is c1ccc(-c2ccc(-c3nc(-c4ccccc4)nc(-c4ccc5sc6ccc(-n7c8ccccc8c8ccccc87)cc6c5c4)n3)cc2)cc1. The molecule has 0 saturated carbocycles. The molecule has 0 saturated heterocycles. The summed E-state index contributed by atoms with van der Waals surface area (Å²) in [6.45, 7) is 0. The Labute approximate surface area is 292 Å². The Morgan fingerprint density at radius 2 is 0.780 bits per heavy atom. The van der Waals surface area contributed by atoms with Crippen LogP contribution in [0.3, 0.4) is 0 Å². The number of fused-ring (bicyclic) bond motifs is 6. The van der Waals surface area contributed by atoms with Crippen molar-refractivity contribution in [2.45, 2.75) is 0 Å². The van der Waals surface area contributed by atoms with Crippen LogP contribution < -0.4 is 0 Å². The van der Waals surface area contributed by atoms with Gasteiger partial charge in [-0.3, -0.25) is 0 Å². The topological polar surface area (TPSA) is 43.6 Å². The van der Waals surface area contributed by atoms with E-state index in [1.54, 1.807) is 0 Å². The van der Waals surface area contributed by atoms with Gasteiger partial charge in [0.25, 0.3) is 0 Å². The van der Waals surface area contributed by atoms with Crippen molar-refractivity contribution in [2.75, 3.05) is 0 Å². The highest BCUT2D eigenvalue weighted by molar-refractivity contribution is 7.25. The van der Waals surface area contributed by atoms with Gasteiger partial charge < -0.3 is 4.57 Å². The van der Waals surface area contributed by atoms with Gasteiger partial charge in [0.1, 0.15) is 0 Å². The number of rotatable bonds is 5. The van der Waals surface area contributed by atoms with Crippen molar-refractivity contribution in [3.05, 3.63) is 170 Å². The van der Waals surface area contributed by atoms with Crippen molar-refractivity contribution < 1.29 is 0 Å². The zero-order valence-electron chi connectivity index (χ0n) is 26.9.